The first-order valence-electron chi connectivity index (χ1n) is 9.57. The fourth-order valence-electron chi connectivity index (χ4n) is 3.51. The van der Waals surface area contributed by atoms with Crippen molar-refractivity contribution < 1.29 is 9.53 Å². The van der Waals surface area contributed by atoms with Crippen molar-refractivity contribution in [2.45, 2.75) is 52.1 Å². The third-order valence-electron chi connectivity index (χ3n) is 4.96. The van der Waals surface area contributed by atoms with Crippen molar-refractivity contribution in [1.82, 2.24) is 4.90 Å². The molecule has 27 heavy (non-hydrogen) atoms. The Kier molecular flexibility index (Phi) is 5.95. The summed E-state index contributed by atoms with van der Waals surface area (Å²) in [7, 11) is 0. The molecule has 0 atom stereocenters. The molecule has 144 valence electrons. The van der Waals surface area contributed by atoms with Crippen molar-refractivity contribution in [1.29, 1.82) is 0 Å². The van der Waals surface area contributed by atoms with Crippen molar-refractivity contribution in [3.63, 3.8) is 0 Å². The second-order valence-corrected chi connectivity index (χ2v) is 9.20. The second-order valence-electron chi connectivity index (χ2n) is 8.35. The van der Waals surface area contributed by atoms with E-state index in [1.165, 1.54) is 22.3 Å². The van der Waals surface area contributed by atoms with E-state index in [1.807, 2.05) is 25.7 Å². The fourth-order valence-corrected chi connectivity index (χ4v) is 4.23. The molecule has 1 aliphatic heterocycles. The van der Waals surface area contributed by atoms with E-state index in [4.69, 9.17) is 4.74 Å². The summed E-state index contributed by atoms with van der Waals surface area (Å²) >= 11 is 3.67. The number of rotatable bonds is 2. The maximum atomic E-state index is 12.2. The van der Waals surface area contributed by atoms with Crippen molar-refractivity contribution in [3.8, 4) is 11.1 Å². The van der Waals surface area contributed by atoms with Crippen LogP contribution in [0.15, 0.2) is 46.9 Å². The van der Waals surface area contributed by atoms with Gasteiger partial charge in [-0.1, -0.05) is 52.3 Å². The SMILES string of the molecule is Cc1ccc(-c2ccc(C3CCN(C(=O)OC(C)(C)C)CC3)cc2)c(Br)c1. The lowest BCUT2D eigenvalue weighted by atomic mass is 9.88. The highest BCUT2D eigenvalue weighted by molar-refractivity contribution is 9.10. The quantitative estimate of drug-likeness (QED) is 0.542. The number of carbonyl (C=O) groups excluding carboxylic acids is 1. The van der Waals surface area contributed by atoms with Gasteiger partial charge in [0, 0.05) is 17.6 Å². The zero-order valence-corrected chi connectivity index (χ0v) is 18.2. The summed E-state index contributed by atoms with van der Waals surface area (Å²) in [4.78, 5) is 14.0. The van der Waals surface area contributed by atoms with Crippen LogP contribution in [-0.4, -0.2) is 29.7 Å². The minimum Gasteiger partial charge on any atom is -0.444 e. The number of hydrogen-bond acceptors (Lipinski definition) is 2. The first-order chi connectivity index (χ1) is 12.7. The third kappa shape index (κ3) is 5.13. The van der Waals surface area contributed by atoms with Gasteiger partial charge in [-0.3, -0.25) is 0 Å². The molecule has 2 aromatic rings. The summed E-state index contributed by atoms with van der Waals surface area (Å²) in [5, 5.41) is 0. The van der Waals surface area contributed by atoms with Gasteiger partial charge in [0.2, 0.25) is 0 Å². The number of nitrogens with zero attached hydrogens (tertiary/aromatic N) is 1. The summed E-state index contributed by atoms with van der Waals surface area (Å²) < 4.78 is 6.61. The predicted molar refractivity (Wildman–Crippen MR) is 114 cm³/mol. The van der Waals surface area contributed by atoms with Crippen molar-refractivity contribution in [2.24, 2.45) is 0 Å². The first kappa shape index (κ1) is 19.9. The molecule has 0 aromatic heterocycles. The summed E-state index contributed by atoms with van der Waals surface area (Å²) in [5.74, 6) is 0.499. The Morgan fingerprint density at radius 2 is 1.70 bits per heavy atom. The molecule has 1 fully saturated rings. The number of likely N-dealkylation sites (tertiary alicyclic amines) is 1. The van der Waals surface area contributed by atoms with Crippen LogP contribution in [0.1, 0.15) is 50.7 Å². The molecule has 1 aliphatic rings. The topological polar surface area (TPSA) is 29.5 Å². The Bertz CT molecular complexity index is 800. The first-order valence-corrected chi connectivity index (χ1v) is 10.4. The second kappa shape index (κ2) is 8.05. The highest BCUT2D eigenvalue weighted by Crippen LogP contribution is 2.33. The summed E-state index contributed by atoms with van der Waals surface area (Å²) in [6, 6.07) is 15.3. The lowest BCUT2D eigenvalue weighted by Gasteiger charge is -2.33. The van der Waals surface area contributed by atoms with Crippen LogP contribution < -0.4 is 0 Å². The monoisotopic (exact) mass is 429 g/mol. The average molecular weight is 430 g/mol. The van der Waals surface area contributed by atoms with E-state index in [2.05, 4.69) is 65.3 Å². The molecular weight excluding hydrogens is 402 g/mol. The summed E-state index contributed by atoms with van der Waals surface area (Å²) in [6.45, 7) is 9.33. The number of halogens is 1. The molecule has 0 radical (unpaired) electrons. The summed E-state index contributed by atoms with van der Waals surface area (Å²) in [5.41, 5.74) is 4.60. The minimum absolute atomic E-state index is 0.194. The van der Waals surface area contributed by atoms with Gasteiger partial charge in [-0.15, -0.1) is 0 Å². The van der Waals surface area contributed by atoms with Gasteiger partial charge in [0.1, 0.15) is 5.60 Å². The smallest absolute Gasteiger partial charge is 0.410 e. The van der Waals surface area contributed by atoms with Crippen LogP contribution in [0.3, 0.4) is 0 Å². The largest absolute Gasteiger partial charge is 0.444 e. The van der Waals surface area contributed by atoms with Crippen LogP contribution >= 0.6 is 15.9 Å². The van der Waals surface area contributed by atoms with E-state index in [-0.39, 0.29) is 6.09 Å². The molecule has 0 unspecified atom stereocenters. The zero-order valence-electron chi connectivity index (χ0n) is 16.6. The standard InChI is InChI=1S/C23H28BrNO2/c1-16-5-10-20(21(24)15-16)19-8-6-17(7-9-19)18-11-13-25(14-12-18)22(26)27-23(2,3)4/h5-10,15,18H,11-14H2,1-4H3. The Balaban J connectivity index is 1.63. The number of piperidine rings is 1. The lowest BCUT2D eigenvalue weighted by molar-refractivity contribution is 0.0205. The molecule has 0 spiro atoms. The van der Waals surface area contributed by atoms with Crippen molar-refractivity contribution >= 4 is 22.0 Å². The molecule has 0 N–H and O–H groups in total. The minimum atomic E-state index is -0.436. The number of hydrogen-bond donors (Lipinski definition) is 0. The van der Waals surface area contributed by atoms with Gasteiger partial charge in [0.05, 0.1) is 0 Å². The third-order valence-corrected chi connectivity index (χ3v) is 5.62. The molecule has 0 bridgehead atoms. The molecule has 2 aromatic carbocycles. The van der Waals surface area contributed by atoms with Crippen LogP contribution in [0.4, 0.5) is 4.79 Å². The highest BCUT2D eigenvalue weighted by atomic mass is 79.9. The molecule has 3 rings (SSSR count). The summed E-state index contributed by atoms with van der Waals surface area (Å²) in [6.07, 6.45) is 1.76. The van der Waals surface area contributed by atoms with Crippen LogP contribution in [-0.2, 0) is 4.74 Å². The molecule has 3 nitrogen and oxygen atoms in total. The maximum absolute atomic E-state index is 12.2. The van der Waals surface area contributed by atoms with Gasteiger partial charge in [0.15, 0.2) is 0 Å². The van der Waals surface area contributed by atoms with Gasteiger partial charge in [-0.2, -0.15) is 0 Å². The normalized spacial score (nSPS) is 15.7. The van der Waals surface area contributed by atoms with E-state index in [0.717, 1.165) is 30.4 Å². The van der Waals surface area contributed by atoms with E-state index in [1.54, 1.807) is 0 Å². The molecular formula is C23H28BrNO2. The van der Waals surface area contributed by atoms with Crippen LogP contribution in [0.25, 0.3) is 11.1 Å². The predicted octanol–water partition coefficient (Wildman–Crippen LogP) is 6.54. The van der Waals surface area contributed by atoms with Gasteiger partial charge in [0.25, 0.3) is 0 Å². The van der Waals surface area contributed by atoms with Crippen LogP contribution in [0.2, 0.25) is 0 Å². The molecule has 4 heteroatoms. The Morgan fingerprint density at radius 1 is 1.07 bits per heavy atom. The Morgan fingerprint density at radius 3 is 2.26 bits per heavy atom. The van der Waals surface area contributed by atoms with E-state index >= 15 is 0 Å². The van der Waals surface area contributed by atoms with Gasteiger partial charge < -0.3 is 9.64 Å². The van der Waals surface area contributed by atoms with Gasteiger partial charge in [-0.25, -0.2) is 4.79 Å². The lowest BCUT2D eigenvalue weighted by Crippen LogP contribution is -2.41. The highest BCUT2D eigenvalue weighted by Gasteiger charge is 2.27. The zero-order chi connectivity index (χ0) is 19.6. The number of ether oxygens (including phenoxy) is 1. The number of aryl methyl sites for hydroxylation is 1. The molecule has 1 amide bonds. The van der Waals surface area contributed by atoms with E-state index < -0.39 is 5.60 Å². The fraction of sp³-hybridized carbons (Fsp3) is 0.435. The molecule has 0 saturated carbocycles. The molecule has 1 heterocycles. The van der Waals surface area contributed by atoms with Gasteiger partial charge >= 0.3 is 6.09 Å². The van der Waals surface area contributed by atoms with E-state index in [9.17, 15) is 4.79 Å². The number of amides is 1. The van der Waals surface area contributed by atoms with Gasteiger partial charge in [-0.05, 0) is 74.8 Å². The van der Waals surface area contributed by atoms with Crippen LogP contribution in [0, 0.1) is 6.92 Å². The molecule has 1 saturated heterocycles. The molecule has 0 aliphatic carbocycles. The average Bonchev–Trinajstić information content (AvgIpc) is 2.61. The van der Waals surface area contributed by atoms with Crippen LogP contribution in [0.5, 0.6) is 0 Å². The Hall–Kier alpha value is -1.81. The van der Waals surface area contributed by atoms with Crippen molar-refractivity contribution in [2.75, 3.05) is 13.1 Å². The van der Waals surface area contributed by atoms with E-state index in [0.29, 0.717) is 5.92 Å². The number of carbonyl (C=O) groups is 1. The Labute approximate surface area is 170 Å². The number of benzene rings is 2. The van der Waals surface area contributed by atoms with Crippen molar-refractivity contribution in [3.05, 3.63) is 58.1 Å². The maximum Gasteiger partial charge on any atom is 0.410 e.